The lowest BCUT2D eigenvalue weighted by molar-refractivity contribution is -0.143. The molecule has 3 aromatic rings. The summed E-state index contributed by atoms with van der Waals surface area (Å²) in [4.78, 5) is 27.6. The Morgan fingerprint density at radius 2 is 2.09 bits per heavy atom. The highest BCUT2D eigenvalue weighted by atomic mass is 32.1. The van der Waals surface area contributed by atoms with Crippen molar-refractivity contribution in [1.82, 2.24) is 19.9 Å². The molecule has 0 radical (unpaired) electrons. The third-order valence-electron chi connectivity index (χ3n) is 6.31. The van der Waals surface area contributed by atoms with E-state index in [9.17, 15) is 15.0 Å². The van der Waals surface area contributed by atoms with Crippen molar-refractivity contribution in [2.45, 2.75) is 43.4 Å². The molecule has 3 N–H and O–H groups in total. The summed E-state index contributed by atoms with van der Waals surface area (Å²) >= 11 is 1.48. The van der Waals surface area contributed by atoms with Crippen LogP contribution in [0.1, 0.15) is 31.2 Å². The third-order valence-corrected chi connectivity index (χ3v) is 7.20. The van der Waals surface area contributed by atoms with Crippen LogP contribution in [0.2, 0.25) is 0 Å². The minimum Gasteiger partial charge on any atom is -0.391 e. The number of aliphatic hydroxyl groups excluding tert-OH is 1. The van der Waals surface area contributed by atoms with Crippen LogP contribution in [0.5, 0.6) is 0 Å². The number of carbonyl (C=O) groups is 1. The Hall–Kier alpha value is -2.88. The first kappa shape index (κ1) is 21.0. The van der Waals surface area contributed by atoms with E-state index in [1.54, 1.807) is 30.3 Å². The van der Waals surface area contributed by atoms with Gasteiger partial charge in [0.25, 0.3) is 5.91 Å². The maximum absolute atomic E-state index is 12.5. The normalized spacial score (nSPS) is 25.5. The smallest absolute Gasteiger partial charge is 0.258 e. The van der Waals surface area contributed by atoms with Crippen LogP contribution in [0.25, 0.3) is 22.0 Å². The SMILES string of the molecule is CN1CC[C@@](O)(c2cccc(-c3nc(-c4ccnc(N[C@@H]5CCC[C@@H]5O)n4)cs3)c2)C1=O. The summed E-state index contributed by atoms with van der Waals surface area (Å²) in [7, 11) is 1.70. The molecule has 0 unspecified atom stereocenters. The van der Waals surface area contributed by atoms with Crippen molar-refractivity contribution in [2.75, 3.05) is 18.9 Å². The second-order valence-corrected chi connectivity index (χ2v) is 9.33. The first-order valence-electron chi connectivity index (χ1n) is 10.8. The van der Waals surface area contributed by atoms with Crippen LogP contribution in [0, 0.1) is 0 Å². The Morgan fingerprint density at radius 1 is 1.22 bits per heavy atom. The van der Waals surface area contributed by atoms with Crippen molar-refractivity contribution in [1.29, 1.82) is 0 Å². The number of nitrogens with one attached hydrogen (secondary N) is 1. The Morgan fingerprint density at radius 3 is 2.84 bits per heavy atom. The molecule has 1 aromatic carbocycles. The van der Waals surface area contributed by atoms with E-state index in [4.69, 9.17) is 4.98 Å². The van der Waals surface area contributed by atoms with E-state index in [1.165, 1.54) is 11.3 Å². The number of aromatic nitrogens is 3. The van der Waals surface area contributed by atoms with Gasteiger partial charge in [0.2, 0.25) is 5.95 Å². The van der Waals surface area contributed by atoms with Crippen molar-refractivity contribution in [3.8, 4) is 22.0 Å². The zero-order valence-electron chi connectivity index (χ0n) is 17.7. The summed E-state index contributed by atoms with van der Waals surface area (Å²) in [5.74, 6) is 0.207. The first-order valence-corrected chi connectivity index (χ1v) is 11.6. The Labute approximate surface area is 190 Å². The Bertz CT molecular complexity index is 1150. The van der Waals surface area contributed by atoms with Crippen LogP contribution < -0.4 is 5.32 Å². The minimum absolute atomic E-state index is 0.0258. The standard InChI is InChI=1S/C23H25N5O3S/c1-28-11-9-23(31,21(28)30)15-5-2-4-14(12-15)20-25-18(13-32-20)16-8-10-24-22(26-16)27-17-6-3-7-19(17)29/h2,4-5,8,10,12-13,17,19,29,31H,3,6-7,9,11H2,1H3,(H,24,26,27)/t17-,19+,23-/m1/s1. The second-order valence-electron chi connectivity index (χ2n) is 8.47. The topological polar surface area (TPSA) is 111 Å². The van der Waals surface area contributed by atoms with Crippen LogP contribution in [-0.4, -0.2) is 61.7 Å². The number of rotatable bonds is 5. The molecule has 8 nitrogen and oxygen atoms in total. The fourth-order valence-corrected chi connectivity index (χ4v) is 5.21. The number of benzene rings is 1. The van der Waals surface area contributed by atoms with Gasteiger partial charge < -0.3 is 20.4 Å². The zero-order chi connectivity index (χ0) is 22.3. The van der Waals surface area contributed by atoms with Gasteiger partial charge in [0, 0.05) is 37.2 Å². The van der Waals surface area contributed by atoms with E-state index in [1.807, 2.05) is 23.6 Å². The molecule has 2 aliphatic rings. The molecule has 5 rings (SSSR count). The summed E-state index contributed by atoms with van der Waals surface area (Å²) in [6, 6.07) is 9.17. The van der Waals surface area contributed by atoms with Crippen LogP contribution >= 0.6 is 11.3 Å². The van der Waals surface area contributed by atoms with Gasteiger partial charge in [-0.2, -0.15) is 0 Å². The molecule has 2 fully saturated rings. The van der Waals surface area contributed by atoms with Crippen molar-refractivity contribution < 1.29 is 15.0 Å². The summed E-state index contributed by atoms with van der Waals surface area (Å²) in [6.45, 7) is 0.531. The number of likely N-dealkylation sites (N-methyl/N-ethyl adjacent to an activating group) is 1. The first-order chi connectivity index (χ1) is 15.4. The molecule has 32 heavy (non-hydrogen) atoms. The molecule has 0 bridgehead atoms. The number of carbonyl (C=O) groups excluding carboxylic acids is 1. The van der Waals surface area contributed by atoms with Crippen LogP contribution in [-0.2, 0) is 10.4 Å². The maximum Gasteiger partial charge on any atom is 0.258 e. The van der Waals surface area contributed by atoms with Gasteiger partial charge in [-0.15, -0.1) is 11.3 Å². The van der Waals surface area contributed by atoms with Crippen molar-refractivity contribution in [3.63, 3.8) is 0 Å². The molecule has 1 aliphatic carbocycles. The highest BCUT2D eigenvalue weighted by Crippen LogP contribution is 2.36. The van der Waals surface area contributed by atoms with E-state index in [-0.39, 0.29) is 18.1 Å². The van der Waals surface area contributed by atoms with Crippen molar-refractivity contribution in [2.24, 2.45) is 0 Å². The molecule has 1 saturated carbocycles. The van der Waals surface area contributed by atoms with Gasteiger partial charge in [-0.1, -0.05) is 18.2 Å². The number of thiazole rings is 1. The van der Waals surface area contributed by atoms with Gasteiger partial charge in [-0.25, -0.2) is 15.0 Å². The predicted octanol–water partition coefficient (Wildman–Crippen LogP) is 2.64. The lowest BCUT2D eigenvalue weighted by Crippen LogP contribution is -2.36. The predicted molar refractivity (Wildman–Crippen MR) is 122 cm³/mol. The van der Waals surface area contributed by atoms with E-state index in [2.05, 4.69) is 15.3 Å². The van der Waals surface area contributed by atoms with E-state index in [0.29, 0.717) is 30.2 Å². The summed E-state index contributed by atoms with van der Waals surface area (Å²) in [5.41, 5.74) is 1.37. The van der Waals surface area contributed by atoms with Gasteiger partial charge in [-0.05, 0) is 37.0 Å². The van der Waals surface area contributed by atoms with Gasteiger partial charge >= 0.3 is 0 Å². The molecule has 1 aliphatic heterocycles. The highest BCUT2D eigenvalue weighted by Gasteiger charge is 2.45. The van der Waals surface area contributed by atoms with Crippen LogP contribution in [0.4, 0.5) is 5.95 Å². The molecular formula is C23H25N5O3S. The van der Waals surface area contributed by atoms with Crippen LogP contribution in [0.15, 0.2) is 41.9 Å². The average molecular weight is 452 g/mol. The quantitative estimate of drug-likeness (QED) is 0.547. The third kappa shape index (κ3) is 3.76. The molecule has 166 valence electrons. The van der Waals surface area contributed by atoms with Gasteiger partial charge in [0.05, 0.1) is 17.8 Å². The van der Waals surface area contributed by atoms with Gasteiger partial charge in [0.1, 0.15) is 10.7 Å². The number of hydrogen-bond donors (Lipinski definition) is 3. The molecule has 1 saturated heterocycles. The lowest BCUT2D eigenvalue weighted by Gasteiger charge is -2.21. The summed E-state index contributed by atoms with van der Waals surface area (Å²) < 4.78 is 0. The number of nitrogens with zero attached hydrogens (tertiary/aromatic N) is 4. The van der Waals surface area contributed by atoms with E-state index in [0.717, 1.165) is 35.5 Å². The van der Waals surface area contributed by atoms with Crippen molar-refractivity contribution >= 4 is 23.2 Å². The number of likely N-dealkylation sites (tertiary alicyclic amines) is 1. The minimum atomic E-state index is -1.48. The van der Waals surface area contributed by atoms with Crippen LogP contribution in [0.3, 0.4) is 0 Å². The number of aliphatic hydroxyl groups is 2. The average Bonchev–Trinajstić information content (AvgIpc) is 3.52. The number of amides is 1. The molecule has 3 heterocycles. The fraction of sp³-hybridized carbons (Fsp3) is 0.391. The molecule has 2 aromatic heterocycles. The fourth-order valence-electron chi connectivity index (χ4n) is 4.40. The number of anilines is 1. The summed E-state index contributed by atoms with van der Waals surface area (Å²) in [5, 5.41) is 27.0. The highest BCUT2D eigenvalue weighted by molar-refractivity contribution is 7.13. The van der Waals surface area contributed by atoms with Crippen molar-refractivity contribution in [3.05, 3.63) is 47.5 Å². The second kappa shape index (κ2) is 8.23. The van der Waals surface area contributed by atoms with Gasteiger partial charge in [0.15, 0.2) is 5.60 Å². The molecule has 3 atom stereocenters. The summed E-state index contributed by atoms with van der Waals surface area (Å²) in [6.07, 6.45) is 4.37. The molecule has 1 amide bonds. The Kier molecular flexibility index (Phi) is 5.40. The zero-order valence-corrected chi connectivity index (χ0v) is 18.5. The van der Waals surface area contributed by atoms with E-state index >= 15 is 0 Å². The van der Waals surface area contributed by atoms with Gasteiger partial charge in [-0.3, -0.25) is 4.79 Å². The number of hydrogen-bond acceptors (Lipinski definition) is 8. The Balaban J connectivity index is 1.39. The molecular weight excluding hydrogens is 426 g/mol. The maximum atomic E-state index is 12.5. The molecule has 0 spiro atoms. The largest absolute Gasteiger partial charge is 0.391 e. The van der Waals surface area contributed by atoms with E-state index < -0.39 is 5.60 Å². The monoisotopic (exact) mass is 451 g/mol. The lowest BCUT2D eigenvalue weighted by atomic mass is 9.91. The molecule has 9 heteroatoms.